The van der Waals surface area contributed by atoms with Gasteiger partial charge in [-0.05, 0) is 50.7 Å². The number of likely N-dealkylation sites (tertiary alicyclic amines) is 1. The first-order valence-electron chi connectivity index (χ1n) is 9.31. The van der Waals surface area contributed by atoms with Crippen molar-refractivity contribution in [3.05, 3.63) is 23.3 Å². The van der Waals surface area contributed by atoms with Crippen molar-refractivity contribution in [2.24, 2.45) is 0 Å². The van der Waals surface area contributed by atoms with E-state index in [9.17, 15) is 18.0 Å². The molecular weight excluding hydrogens is 393 g/mol. The van der Waals surface area contributed by atoms with Gasteiger partial charge >= 0.3 is 6.18 Å². The van der Waals surface area contributed by atoms with E-state index in [-0.39, 0.29) is 28.3 Å². The monoisotopic (exact) mass is 418 g/mol. The van der Waals surface area contributed by atoms with Crippen LogP contribution in [0.5, 0.6) is 5.75 Å². The van der Waals surface area contributed by atoms with Gasteiger partial charge in [0.1, 0.15) is 5.75 Å². The molecule has 156 valence electrons. The maximum Gasteiger partial charge on any atom is 0.416 e. The summed E-state index contributed by atoms with van der Waals surface area (Å²) >= 11 is 1.09. The molecule has 2 aliphatic heterocycles. The number of hydrogen-bond acceptors (Lipinski definition) is 5. The molecule has 2 heterocycles. The topological polar surface area (TPSA) is 50.8 Å². The highest BCUT2D eigenvalue weighted by Gasteiger charge is 2.36. The highest BCUT2D eigenvalue weighted by Crippen LogP contribution is 2.38. The van der Waals surface area contributed by atoms with E-state index in [1.807, 2.05) is 0 Å². The SMILES string of the molecule is COc1cc(C(F)(F)F)cc(SC)c1C(=O)N[C@H]1COCC[C@H]1N1CCCC1. The fourth-order valence-electron chi connectivity index (χ4n) is 3.91. The molecule has 0 saturated carbocycles. The predicted octanol–water partition coefficient (Wildman–Crippen LogP) is 3.42. The highest BCUT2D eigenvalue weighted by molar-refractivity contribution is 7.98. The van der Waals surface area contributed by atoms with Crippen LogP contribution in [-0.4, -0.2) is 62.6 Å². The Kier molecular flexibility index (Phi) is 6.77. The zero-order valence-electron chi connectivity index (χ0n) is 16.0. The maximum absolute atomic E-state index is 13.2. The summed E-state index contributed by atoms with van der Waals surface area (Å²) in [6.45, 7) is 3.03. The van der Waals surface area contributed by atoms with Gasteiger partial charge in [0, 0.05) is 17.5 Å². The van der Waals surface area contributed by atoms with Crippen LogP contribution in [0.4, 0.5) is 13.2 Å². The van der Waals surface area contributed by atoms with Gasteiger partial charge < -0.3 is 14.8 Å². The fourth-order valence-corrected chi connectivity index (χ4v) is 4.56. The molecule has 2 aliphatic rings. The number of hydrogen-bond donors (Lipinski definition) is 1. The number of methoxy groups -OCH3 is 1. The number of ether oxygens (including phenoxy) is 2. The number of alkyl halides is 3. The van der Waals surface area contributed by atoms with Gasteiger partial charge in [-0.15, -0.1) is 11.8 Å². The molecule has 9 heteroatoms. The number of halogens is 3. The van der Waals surface area contributed by atoms with Crippen LogP contribution >= 0.6 is 11.8 Å². The van der Waals surface area contributed by atoms with Crippen LogP contribution in [0, 0.1) is 0 Å². The Hall–Kier alpha value is -1.45. The van der Waals surface area contributed by atoms with Crippen LogP contribution in [0.25, 0.3) is 0 Å². The maximum atomic E-state index is 13.2. The second-order valence-corrected chi connectivity index (χ2v) is 7.86. The summed E-state index contributed by atoms with van der Waals surface area (Å²) in [5.41, 5.74) is -0.699. The van der Waals surface area contributed by atoms with Crippen molar-refractivity contribution in [1.82, 2.24) is 10.2 Å². The minimum atomic E-state index is -4.51. The minimum absolute atomic E-state index is 0.0777. The zero-order chi connectivity index (χ0) is 20.3. The van der Waals surface area contributed by atoms with E-state index in [0.717, 1.165) is 56.2 Å². The van der Waals surface area contributed by atoms with Crippen molar-refractivity contribution < 1.29 is 27.4 Å². The Balaban J connectivity index is 1.86. The number of carbonyl (C=O) groups excluding carboxylic acids is 1. The van der Waals surface area contributed by atoms with E-state index in [1.54, 1.807) is 6.26 Å². The smallest absolute Gasteiger partial charge is 0.416 e. The summed E-state index contributed by atoms with van der Waals surface area (Å²) in [5.74, 6) is -0.513. The predicted molar refractivity (Wildman–Crippen MR) is 101 cm³/mol. The van der Waals surface area contributed by atoms with Gasteiger partial charge in [-0.2, -0.15) is 13.2 Å². The van der Waals surface area contributed by atoms with Crippen molar-refractivity contribution in [3.8, 4) is 5.75 Å². The molecule has 1 N–H and O–H groups in total. The minimum Gasteiger partial charge on any atom is -0.496 e. The van der Waals surface area contributed by atoms with Crippen molar-refractivity contribution in [2.75, 3.05) is 39.7 Å². The number of nitrogens with zero attached hydrogens (tertiary/aromatic N) is 1. The molecule has 0 spiro atoms. The van der Waals surface area contributed by atoms with Gasteiger partial charge in [0.2, 0.25) is 0 Å². The van der Waals surface area contributed by atoms with Gasteiger partial charge in [0.25, 0.3) is 5.91 Å². The summed E-state index contributed by atoms with van der Waals surface area (Å²) in [6.07, 6.45) is 0.237. The third kappa shape index (κ3) is 4.58. The van der Waals surface area contributed by atoms with Crippen LogP contribution in [0.3, 0.4) is 0 Å². The molecule has 5 nitrogen and oxygen atoms in total. The normalized spacial score (nSPS) is 23.6. The Bertz CT molecular complexity index is 683. The second kappa shape index (κ2) is 8.92. The first-order chi connectivity index (χ1) is 13.3. The fraction of sp³-hybridized carbons (Fsp3) is 0.632. The van der Waals surface area contributed by atoms with E-state index in [2.05, 4.69) is 10.2 Å². The Labute approximate surface area is 166 Å². The van der Waals surface area contributed by atoms with Crippen LogP contribution in [0.2, 0.25) is 0 Å². The molecular formula is C19H25F3N2O3S. The highest BCUT2D eigenvalue weighted by atomic mass is 32.2. The zero-order valence-corrected chi connectivity index (χ0v) is 16.8. The lowest BCUT2D eigenvalue weighted by Crippen LogP contribution is -2.56. The van der Waals surface area contributed by atoms with E-state index in [1.165, 1.54) is 7.11 Å². The molecule has 0 aromatic heterocycles. The standard InChI is InChI=1S/C19H25F3N2O3S/c1-26-15-9-12(19(20,21)22)10-16(28-2)17(15)18(25)23-13-11-27-8-5-14(13)24-6-3-4-7-24/h9-10,13-14H,3-8,11H2,1-2H3,(H,23,25)/t13-,14+/m0/s1. The van der Waals surface area contributed by atoms with Crippen molar-refractivity contribution in [3.63, 3.8) is 0 Å². The largest absolute Gasteiger partial charge is 0.496 e. The lowest BCUT2D eigenvalue weighted by molar-refractivity contribution is -0.137. The number of thioether (sulfide) groups is 1. The Morgan fingerprint density at radius 1 is 1.32 bits per heavy atom. The van der Waals surface area contributed by atoms with Gasteiger partial charge in [-0.3, -0.25) is 9.69 Å². The van der Waals surface area contributed by atoms with Crippen molar-refractivity contribution >= 4 is 17.7 Å². The molecule has 2 saturated heterocycles. The molecule has 0 radical (unpaired) electrons. The summed E-state index contributed by atoms with van der Waals surface area (Å²) in [5, 5.41) is 2.99. The van der Waals surface area contributed by atoms with Crippen LogP contribution in [-0.2, 0) is 10.9 Å². The van der Waals surface area contributed by atoms with E-state index in [0.29, 0.717) is 13.2 Å². The van der Waals surface area contributed by atoms with Gasteiger partial charge in [-0.25, -0.2) is 0 Å². The first kappa shape index (κ1) is 21.3. The molecule has 3 rings (SSSR count). The molecule has 0 unspecified atom stereocenters. The number of rotatable bonds is 5. The third-order valence-corrected chi connectivity index (χ3v) is 6.07. The molecule has 1 amide bonds. The lowest BCUT2D eigenvalue weighted by Gasteiger charge is -2.38. The summed E-state index contributed by atoms with van der Waals surface area (Å²) in [4.78, 5) is 15.6. The summed E-state index contributed by atoms with van der Waals surface area (Å²) < 4.78 is 50.2. The van der Waals surface area contributed by atoms with Crippen LogP contribution < -0.4 is 10.1 Å². The number of carbonyl (C=O) groups is 1. The lowest BCUT2D eigenvalue weighted by atomic mass is 10.0. The Morgan fingerprint density at radius 2 is 2.04 bits per heavy atom. The Morgan fingerprint density at radius 3 is 2.64 bits per heavy atom. The van der Waals surface area contributed by atoms with Crippen LogP contribution in [0.15, 0.2) is 17.0 Å². The summed E-state index contributed by atoms with van der Waals surface area (Å²) in [7, 11) is 1.27. The number of nitrogens with one attached hydrogen (secondary N) is 1. The van der Waals surface area contributed by atoms with Crippen LogP contribution in [0.1, 0.15) is 35.2 Å². The molecule has 0 aliphatic carbocycles. The third-order valence-electron chi connectivity index (χ3n) is 5.31. The van der Waals surface area contributed by atoms with Gasteiger partial charge in [0.05, 0.1) is 30.9 Å². The van der Waals surface area contributed by atoms with E-state index in [4.69, 9.17) is 9.47 Å². The molecule has 1 aromatic carbocycles. The molecule has 0 bridgehead atoms. The molecule has 2 fully saturated rings. The number of benzene rings is 1. The van der Waals surface area contributed by atoms with E-state index >= 15 is 0 Å². The summed E-state index contributed by atoms with van der Waals surface area (Å²) in [6, 6.07) is 1.85. The number of amides is 1. The average molecular weight is 418 g/mol. The van der Waals surface area contributed by atoms with Crippen molar-refractivity contribution in [2.45, 2.75) is 42.4 Å². The van der Waals surface area contributed by atoms with Crippen molar-refractivity contribution in [1.29, 1.82) is 0 Å². The molecule has 1 aromatic rings. The molecule has 2 atom stereocenters. The molecule has 28 heavy (non-hydrogen) atoms. The average Bonchev–Trinajstić information content (AvgIpc) is 3.21. The second-order valence-electron chi connectivity index (χ2n) is 7.01. The van der Waals surface area contributed by atoms with E-state index < -0.39 is 17.6 Å². The first-order valence-corrected chi connectivity index (χ1v) is 10.5. The van der Waals surface area contributed by atoms with Gasteiger partial charge in [-0.1, -0.05) is 0 Å². The quantitative estimate of drug-likeness (QED) is 0.743. The van der Waals surface area contributed by atoms with Gasteiger partial charge in [0.15, 0.2) is 0 Å².